The molecule has 1 aromatic heterocycles. The maximum absolute atomic E-state index is 5.74. The summed E-state index contributed by atoms with van der Waals surface area (Å²) in [7, 11) is 0. The van der Waals surface area contributed by atoms with E-state index in [4.69, 9.17) is 5.73 Å². The standard InChI is InChI=1S/C12H11N3/c1-2-6-10-11(14-15-12(10)13)9-7-4-3-5-8-9/h3-5,7-8H,1H3,(H3,13,14,15). The Morgan fingerprint density at radius 2 is 2.00 bits per heavy atom. The fraction of sp³-hybridized carbons (Fsp3) is 0.0833. The summed E-state index contributed by atoms with van der Waals surface area (Å²) in [6, 6.07) is 9.85. The number of hydrogen-bond acceptors (Lipinski definition) is 2. The van der Waals surface area contributed by atoms with Crippen LogP contribution < -0.4 is 5.73 Å². The highest BCUT2D eigenvalue weighted by Gasteiger charge is 2.09. The predicted octanol–water partition coefficient (Wildman–Crippen LogP) is 2.03. The molecule has 0 saturated carbocycles. The molecule has 1 aromatic carbocycles. The largest absolute Gasteiger partial charge is 0.383 e. The third-order valence-corrected chi connectivity index (χ3v) is 2.09. The Kier molecular flexibility index (Phi) is 2.42. The van der Waals surface area contributed by atoms with Crippen molar-refractivity contribution in [2.75, 3.05) is 5.73 Å². The van der Waals surface area contributed by atoms with Gasteiger partial charge in [-0.2, -0.15) is 5.10 Å². The van der Waals surface area contributed by atoms with Crippen LogP contribution >= 0.6 is 0 Å². The smallest absolute Gasteiger partial charge is 0.135 e. The van der Waals surface area contributed by atoms with Crippen molar-refractivity contribution in [2.24, 2.45) is 0 Å². The molecule has 0 saturated heterocycles. The number of benzene rings is 1. The second-order valence-corrected chi connectivity index (χ2v) is 3.10. The Labute approximate surface area is 88.3 Å². The third-order valence-electron chi connectivity index (χ3n) is 2.09. The molecule has 2 aromatic rings. The molecule has 74 valence electrons. The van der Waals surface area contributed by atoms with Crippen LogP contribution in [-0.2, 0) is 0 Å². The molecule has 0 radical (unpaired) electrons. The van der Waals surface area contributed by atoms with Crippen molar-refractivity contribution in [1.29, 1.82) is 0 Å². The SMILES string of the molecule is CC#Cc1c(-c2ccccc2)n[nH]c1N. The van der Waals surface area contributed by atoms with Crippen LogP contribution in [-0.4, -0.2) is 10.2 Å². The number of aromatic amines is 1. The first kappa shape index (κ1) is 9.35. The molecule has 0 amide bonds. The van der Waals surface area contributed by atoms with Crippen LogP contribution in [0, 0.1) is 11.8 Å². The first-order valence-electron chi connectivity index (χ1n) is 4.65. The number of rotatable bonds is 1. The van der Waals surface area contributed by atoms with E-state index >= 15 is 0 Å². The van der Waals surface area contributed by atoms with Gasteiger partial charge in [-0.1, -0.05) is 36.3 Å². The Hall–Kier alpha value is -2.21. The second kappa shape index (κ2) is 3.89. The van der Waals surface area contributed by atoms with E-state index in [1.165, 1.54) is 0 Å². The average Bonchev–Trinajstić information content (AvgIpc) is 2.63. The Morgan fingerprint density at radius 1 is 1.27 bits per heavy atom. The van der Waals surface area contributed by atoms with Crippen LogP contribution in [0.25, 0.3) is 11.3 Å². The third kappa shape index (κ3) is 1.70. The molecule has 0 fully saturated rings. The predicted molar refractivity (Wildman–Crippen MR) is 61.0 cm³/mol. The Balaban J connectivity index is 2.57. The number of anilines is 1. The van der Waals surface area contributed by atoms with Crippen molar-refractivity contribution in [3.05, 3.63) is 35.9 Å². The number of nitrogens with one attached hydrogen (secondary N) is 1. The molecular formula is C12H11N3. The highest BCUT2D eigenvalue weighted by atomic mass is 15.2. The van der Waals surface area contributed by atoms with Gasteiger partial charge in [-0.25, -0.2) is 0 Å². The van der Waals surface area contributed by atoms with E-state index in [0.29, 0.717) is 5.82 Å². The summed E-state index contributed by atoms with van der Waals surface area (Å²) in [5.74, 6) is 6.30. The fourth-order valence-corrected chi connectivity index (χ4v) is 1.41. The van der Waals surface area contributed by atoms with Gasteiger partial charge >= 0.3 is 0 Å². The van der Waals surface area contributed by atoms with Gasteiger partial charge in [0.1, 0.15) is 11.5 Å². The zero-order valence-corrected chi connectivity index (χ0v) is 8.41. The molecule has 3 N–H and O–H groups in total. The molecule has 15 heavy (non-hydrogen) atoms. The van der Waals surface area contributed by atoms with Gasteiger partial charge in [0.25, 0.3) is 0 Å². The number of nitrogens with two attached hydrogens (primary N) is 1. The van der Waals surface area contributed by atoms with E-state index in [9.17, 15) is 0 Å². The van der Waals surface area contributed by atoms with Crippen LogP contribution in [0.3, 0.4) is 0 Å². The Bertz CT molecular complexity index is 515. The maximum Gasteiger partial charge on any atom is 0.135 e. The second-order valence-electron chi connectivity index (χ2n) is 3.10. The van der Waals surface area contributed by atoms with Crippen molar-refractivity contribution >= 4 is 5.82 Å². The van der Waals surface area contributed by atoms with Gasteiger partial charge in [0.15, 0.2) is 0 Å². The number of aromatic nitrogens is 2. The van der Waals surface area contributed by atoms with Gasteiger partial charge in [-0.15, -0.1) is 5.92 Å². The monoisotopic (exact) mass is 197 g/mol. The lowest BCUT2D eigenvalue weighted by Crippen LogP contribution is -1.87. The van der Waals surface area contributed by atoms with Crippen LogP contribution in [0.1, 0.15) is 12.5 Å². The van der Waals surface area contributed by atoms with Gasteiger partial charge < -0.3 is 5.73 Å². The van der Waals surface area contributed by atoms with E-state index in [0.717, 1.165) is 16.8 Å². The topological polar surface area (TPSA) is 54.7 Å². The van der Waals surface area contributed by atoms with Crippen molar-refractivity contribution in [3.63, 3.8) is 0 Å². The van der Waals surface area contributed by atoms with Gasteiger partial charge in [0.05, 0.1) is 5.56 Å². The number of H-pyrrole nitrogens is 1. The summed E-state index contributed by atoms with van der Waals surface area (Å²) in [5, 5.41) is 6.90. The molecule has 2 rings (SSSR count). The van der Waals surface area contributed by atoms with Crippen LogP contribution in [0.4, 0.5) is 5.82 Å². The lowest BCUT2D eigenvalue weighted by molar-refractivity contribution is 1.10. The summed E-state index contributed by atoms with van der Waals surface area (Å²) in [4.78, 5) is 0. The van der Waals surface area contributed by atoms with Gasteiger partial charge in [0, 0.05) is 5.56 Å². The highest BCUT2D eigenvalue weighted by Crippen LogP contribution is 2.23. The summed E-state index contributed by atoms with van der Waals surface area (Å²) in [6.45, 7) is 1.78. The first-order valence-corrected chi connectivity index (χ1v) is 4.65. The molecule has 0 atom stereocenters. The van der Waals surface area contributed by atoms with Crippen LogP contribution in [0.2, 0.25) is 0 Å². The molecule has 0 aliphatic heterocycles. The lowest BCUT2D eigenvalue weighted by atomic mass is 10.1. The van der Waals surface area contributed by atoms with Gasteiger partial charge in [-0.3, -0.25) is 5.10 Å². The fourth-order valence-electron chi connectivity index (χ4n) is 1.41. The minimum Gasteiger partial charge on any atom is -0.383 e. The highest BCUT2D eigenvalue weighted by molar-refractivity contribution is 5.72. The van der Waals surface area contributed by atoms with E-state index in [-0.39, 0.29) is 0 Å². The molecule has 1 heterocycles. The summed E-state index contributed by atoms with van der Waals surface area (Å²) in [5.41, 5.74) is 8.34. The summed E-state index contributed by atoms with van der Waals surface area (Å²) in [6.07, 6.45) is 0. The van der Waals surface area contributed by atoms with E-state index < -0.39 is 0 Å². The number of nitrogens with zero attached hydrogens (tertiary/aromatic N) is 1. The molecule has 0 aliphatic carbocycles. The molecule has 0 bridgehead atoms. The molecule has 3 heteroatoms. The van der Waals surface area contributed by atoms with E-state index in [1.807, 2.05) is 30.3 Å². The zero-order chi connectivity index (χ0) is 10.7. The molecule has 0 aliphatic rings. The van der Waals surface area contributed by atoms with Crippen molar-refractivity contribution in [1.82, 2.24) is 10.2 Å². The molecule has 3 nitrogen and oxygen atoms in total. The minimum atomic E-state index is 0.517. The number of nitrogen functional groups attached to an aromatic ring is 1. The first-order chi connectivity index (χ1) is 7.33. The molecular weight excluding hydrogens is 186 g/mol. The van der Waals surface area contributed by atoms with Gasteiger partial charge in [-0.05, 0) is 6.92 Å². The summed E-state index contributed by atoms with van der Waals surface area (Å²) < 4.78 is 0. The minimum absolute atomic E-state index is 0.517. The lowest BCUT2D eigenvalue weighted by Gasteiger charge is -1.96. The normalized spacial score (nSPS) is 9.40. The van der Waals surface area contributed by atoms with Crippen molar-refractivity contribution in [2.45, 2.75) is 6.92 Å². The van der Waals surface area contributed by atoms with E-state index in [2.05, 4.69) is 22.0 Å². The quantitative estimate of drug-likeness (QED) is 0.687. The van der Waals surface area contributed by atoms with E-state index in [1.54, 1.807) is 6.92 Å². The van der Waals surface area contributed by atoms with Gasteiger partial charge in [0.2, 0.25) is 0 Å². The molecule has 0 spiro atoms. The number of hydrogen-bond donors (Lipinski definition) is 2. The van der Waals surface area contributed by atoms with Crippen LogP contribution in [0.15, 0.2) is 30.3 Å². The maximum atomic E-state index is 5.74. The van der Waals surface area contributed by atoms with Crippen LogP contribution in [0.5, 0.6) is 0 Å². The Morgan fingerprint density at radius 3 is 2.67 bits per heavy atom. The van der Waals surface area contributed by atoms with Crippen molar-refractivity contribution < 1.29 is 0 Å². The molecule has 0 unspecified atom stereocenters. The zero-order valence-electron chi connectivity index (χ0n) is 8.41. The summed E-state index contributed by atoms with van der Waals surface area (Å²) >= 11 is 0. The average molecular weight is 197 g/mol. The van der Waals surface area contributed by atoms with Crippen molar-refractivity contribution in [3.8, 4) is 23.1 Å².